The minimum Gasteiger partial charge on any atom is -0.354 e. The first-order valence-electron chi connectivity index (χ1n) is 9.57. The second kappa shape index (κ2) is 9.52. The van der Waals surface area contributed by atoms with Crippen molar-refractivity contribution >= 4 is 28.3 Å². The highest BCUT2D eigenvalue weighted by molar-refractivity contribution is 7.89. The van der Waals surface area contributed by atoms with E-state index in [9.17, 15) is 17.6 Å². The molecule has 9 heteroatoms. The van der Waals surface area contributed by atoms with Gasteiger partial charge in [-0.2, -0.15) is 4.31 Å². The smallest absolute Gasteiger partial charge is 0.243 e. The molecule has 3 rings (SSSR count). The van der Waals surface area contributed by atoms with Gasteiger partial charge in [0.15, 0.2) is 0 Å². The number of benzene rings is 1. The predicted molar refractivity (Wildman–Crippen MR) is 109 cm³/mol. The fraction of sp³-hybridized carbons (Fsp3) is 0.632. The van der Waals surface area contributed by atoms with Crippen molar-refractivity contribution in [2.24, 2.45) is 5.92 Å². The molecule has 0 aromatic heterocycles. The maximum atomic E-state index is 13.6. The van der Waals surface area contributed by atoms with Crippen LogP contribution in [0.3, 0.4) is 0 Å². The number of aryl methyl sites for hydroxylation is 2. The number of sulfonamides is 1. The number of hydrogen-bond acceptors (Lipinski definition) is 4. The van der Waals surface area contributed by atoms with Crippen LogP contribution in [-0.2, 0) is 14.8 Å². The maximum absolute atomic E-state index is 13.6. The third kappa shape index (κ3) is 5.03. The molecule has 158 valence electrons. The highest BCUT2D eigenvalue weighted by atomic mass is 35.5. The molecule has 0 saturated carbocycles. The number of carbonyl (C=O) groups is 1. The molecule has 1 amide bonds. The van der Waals surface area contributed by atoms with E-state index >= 15 is 0 Å². The molecule has 28 heavy (non-hydrogen) atoms. The molecule has 2 heterocycles. The quantitative estimate of drug-likeness (QED) is 0.745. The van der Waals surface area contributed by atoms with Gasteiger partial charge in [-0.15, -0.1) is 12.4 Å². The fourth-order valence-corrected chi connectivity index (χ4v) is 6.09. The third-order valence-corrected chi connectivity index (χ3v) is 7.62. The normalized spacial score (nSPS) is 23.2. The molecule has 2 aliphatic rings. The van der Waals surface area contributed by atoms with Gasteiger partial charge in [-0.25, -0.2) is 12.8 Å². The van der Waals surface area contributed by atoms with Crippen LogP contribution >= 0.6 is 12.4 Å². The van der Waals surface area contributed by atoms with E-state index in [1.54, 1.807) is 13.8 Å². The molecule has 2 unspecified atom stereocenters. The lowest BCUT2D eigenvalue weighted by molar-refractivity contribution is -0.123. The molecule has 1 aromatic carbocycles. The Kier molecular flexibility index (Phi) is 7.84. The fourth-order valence-electron chi connectivity index (χ4n) is 4.12. The van der Waals surface area contributed by atoms with Gasteiger partial charge in [0.1, 0.15) is 5.82 Å². The highest BCUT2D eigenvalue weighted by Gasteiger charge is 2.33. The number of hydrogen-bond donors (Lipinski definition) is 2. The van der Waals surface area contributed by atoms with E-state index in [1.807, 2.05) is 0 Å². The van der Waals surface area contributed by atoms with Gasteiger partial charge in [0.2, 0.25) is 15.9 Å². The summed E-state index contributed by atoms with van der Waals surface area (Å²) >= 11 is 0. The van der Waals surface area contributed by atoms with Crippen LogP contribution in [0.4, 0.5) is 4.39 Å². The number of rotatable bonds is 5. The summed E-state index contributed by atoms with van der Waals surface area (Å²) < 4.78 is 41.3. The maximum Gasteiger partial charge on any atom is 0.243 e. The van der Waals surface area contributed by atoms with E-state index in [0.29, 0.717) is 30.8 Å². The minimum absolute atomic E-state index is 0. The Morgan fingerprint density at radius 2 is 1.93 bits per heavy atom. The number of piperidine rings is 1. The summed E-state index contributed by atoms with van der Waals surface area (Å²) in [5.74, 6) is -0.346. The molecule has 2 fully saturated rings. The Morgan fingerprint density at radius 1 is 1.25 bits per heavy atom. The van der Waals surface area contributed by atoms with E-state index in [-0.39, 0.29) is 35.2 Å². The van der Waals surface area contributed by atoms with E-state index in [1.165, 1.54) is 16.4 Å². The molecule has 2 N–H and O–H groups in total. The summed E-state index contributed by atoms with van der Waals surface area (Å²) in [4.78, 5) is 12.4. The lowest BCUT2D eigenvalue weighted by atomic mass is 9.99. The summed E-state index contributed by atoms with van der Waals surface area (Å²) in [7, 11) is -3.69. The van der Waals surface area contributed by atoms with Crippen molar-refractivity contribution in [2.45, 2.75) is 50.5 Å². The Morgan fingerprint density at radius 3 is 2.54 bits per heavy atom. The molecular formula is C19H29ClFN3O3S. The van der Waals surface area contributed by atoms with Gasteiger partial charge >= 0.3 is 0 Å². The largest absolute Gasteiger partial charge is 0.354 e. The van der Waals surface area contributed by atoms with Crippen LogP contribution in [0.2, 0.25) is 0 Å². The van der Waals surface area contributed by atoms with Crippen molar-refractivity contribution in [2.75, 3.05) is 26.2 Å². The molecule has 1 aromatic rings. The van der Waals surface area contributed by atoms with Crippen LogP contribution in [0.25, 0.3) is 0 Å². The van der Waals surface area contributed by atoms with Crippen LogP contribution in [0.1, 0.15) is 36.8 Å². The van der Waals surface area contributed by atoms with Crippen molar-refractivity contribution in [3.8, 4) is 0 Å². The van der Waals surface area contributed by atoms with Crippen LogP contribution in [0.15, 0.2) is 17.0 Å². The Labute approximate surface area is 172 Å². The zero-order chi connectivity index (χ0) is 19.6. The van der Waals surface area contributed by atoms with Crippen LogP contribution in [0, 0.1) is 25.6 Å². The molecule has 2 aliphatic heterocycles. The summed E-state index contributed by atoms with van der Waals surface area (Å²) in [6.07, 6.45) is 3.48. The predicted octanol–water partition coefficient (Wildman–Crippen LogP) is 2.13. The molecular weight excluding hydrogens is 405 g/mol. The van der Waals surface area contributed by atoms with Crippen molar-refractivity contribution in [3.05, 3.63) is 29.1 Å². The van der Waals surface area contributed by atoms with E-state index < -0.39 is 15.8 Å². The SMILES string of the molecule is Cc1cc(F)cc(C)c1S(=O)(=O)N1CCCC(CNC(=O)C2CCCN2)C1.Cl. The van der Waals surface area contributed by atoms with Crippen molar-refractivity contribution in [1.29, 1.82) is 0 Å². The molecule has 0 radical (unpaired) electrons. The molecule has 2 atom stereocenters. The van der Waals surface area contributed by atoms with Crippen LogP contribution < -0.4 is 10.6 Å². The van der Waals surface area contributed by atoms with Crippen LogP contribution in [-0.4, -0.2) is 50.9 Å². The first-order valence-corrected chi connectivity index (χ1v) is 11.0. The number of amides is 1. The number of nitrogens with zero attached hydrogens (tertiary/aromatic N) is 1. The Bertz CT molecular complexity index is 790. The summed E-state index contributed by atoms with van der Waals surface area (Å²) in [5, 5.41) is 6.13. The van der Waals surface area contributed by atoms with Gasteiger partial charge in [-0.1, -0.05) is 0 Å². The van der Waals surface area contributed by atoms with Gasteiger partial charge in [0, 0.05) is 19.6 Å². The molecule has 0 aliphatic carbocycles. The van der Waals surface area contributed by atoms with Gasteiger partial charge in [-0.05, 0) is 75.3 Å². The molecule has 6 nitrogen and oxygen atoms in total. The van der Waals surface area contributed by atoms with Crippen molar-refractivity contribution < 1.29 is 17.6 Å². The first kappa shape index (κ1) is 23.1. The average molecular weight is 434 g/mol. The Balaban J connectivity index is 0.00000280. The average Bonchev–Trinajstić information content (AvgIpc) is 3.13. The van der Waals surface area contributed by atoms with Gasteiger partial charge in [-0.3, -0.25) is 4.79 Å². The Hall–Kier alpha value is -1.22. The van der Waals surface area contributed by atoms with Crippen LogP contribution in [0.5, 0.6) is 0 Å². The lowest BCUT2D eigenvalue weighted by Gasteiger charge is -2.33. The second-order valence-electron chi connectivity index (χ2n) is 7.63. The summed E-state index contributed by atoms with van der Waals surface area (Å²) in [5.41, 5.74) is 0.852. The summed E-state index contributed by atoms with van der Waals surface area (Å²) in [6, 6.07) is 2.39. The van der Waals surface area contributed by atoms with E-state index in [0.717, 1.165) is 32.2 Å². The topological polar surface area (TPSA) is 78.5 Å². The zero-order valence-corrected chi connectivity index (χ0v) is 18.0. The molecule has 0 bridgehead atoms. The standard InChI is InChI=1S/C19H28FN3O3S.ClH/c1-13-9-16(20)10-14(2)18(13)27(25,26)23-8-4-5-15(12-23)11-22-19(24)17-6-3-7-21-17;/h9-10,15,17,21H,3-8,11-12H2,1-2H3,(H,22,24);1H. The van der Waals surface area contributed by atoms with E-state index in [2.05, 4.69) is 10.6 Å². The number of halogens is 2. The second-order valence-corrected chi connectivity index (χ2v) is 9.51. The van der Waals surface area contributed by atoms with Gasteiger partial charge < -0.3 is 10.6 Å². The highest BCUT2D eigenvalue weighted by Crippen LogP contribution is 2.28. The number of nitrogens with one attached hydrogen (secondary N) is 2. The van der Waals surface area contributed by atoms with Gasteiger partial charge in [0.25, 0.3) is 0 Å². The first-order chi connectivity index (χ1) is 12.8. The summed E-state index contributed by atoms with van der Waals surface area (Å²) in [6.45, 7) is 5.41. The van der Waals surface area contributed by atoms with Gasteiger partial charge in [0.05, 0.1) is 10.9 Å². The number of carbonyl (C=O) groups excluding carboxylic acids is 1. The third-order valence-electron chi connectivity index (χ3n) is 5.45. The van der Waals surface area contributed by atoms with E-state index in [4.69, 9.17) is 0 Å². The lowest BCUT2D eigenvalue weighted by Crippen LogP contribution is -2.46. The van der Waals surface area contributed by atoms with Crippen molar-refractivity contribution in [3.63, 3.8) is 0 Å². The monoisotopic (exact) mass is 433 g/mol. The zero-order valence-electron chi connectivity index (χ0n) is 16.3. The minimum atomic E-state index is -3.69. The molecule has 0 spiro atoms. The molecule has 2 saturated heterocycles. The van der Waals surface area contributed by atoms with Crippen molar-refractivity contribution in [1.82, 2.24) is 14.9 Å².